The number of benzene rings is 1. The third-order valence-electron chi connectivity index (χ3n) is 3.02. The van der Waals surface area contributed by atoms with E-state index in [-0.39, 0.29) is 18.0 Å². The lowest BCUT2D eigenvalue weighted by Crippen LogP contribution is -2.28. The van der Waals surface area contributed by atoms with Gasteiger partial charge >= 0.3 is 0 Å². The largest absolute Gasteiger partial charge is 0.324 e. The second-order valence-corrected chi connectivity index (χ2v) is 5.53. The fourth-order valence-electron chi connectivity index (χ4n) is 2.03. The van der Waals surface area contributed by atoms with E-state index >= 15 is 0 Å². The first-order valence-corrected chi connectivity index (χ1v) is 7.28. The van der Waals surface area contributed by atoms with Crippen molar-refractivity contribution in [2.24, 2.45) is 0 Å². The van der Waals surface area contributed by atoms with Crippen molar-refractivity contribution in [1.29, 1.82) is 0 Å². The fraction of sp³-hybridized carbons (Fsp3) is 0.0667. The maximum Gasteiger partial charge on any atom is 0.263 e. The van der Waals surface area contributed by atoms with Crippen LogP contribution in [0.3, 0.4) is 0 Å². The first-order valence-electron chi connectivity index (χ1n) is 6.49. The first-order chi connectivity index (χ1) is 10.6. The van der Waals surface area contributed by atoms with Gasteiger partial charge in [-0.1, -0.05) is 22.0 Å². The van der Waals surface area contributed by atoms with Gasteiger partial charge in [-0.15, -0.1) is 0 Å². The number of fused-ring (bicyclic) bond motifs is 1. The van der Waals surface area contributed by atoms with Gasteiger partial charge in [0.2, 0.25) is 5.91 Å². The number of hydrogen-bond acceptors (Lipinski definition) is 4. The summed E-state index contributed by atoms with van der Waals surface area (Å²) >= 11 is 3.33. The quantitative estimate of drug-likeness (QED) is 0.778. The standard InChI is InChI=1S/C15H11BrN4O2/c16-10-3-1-4-11(7-10)19-13(21)8-20-9-18-14-12(15(20)22)5-2-6-17-14/h1-7,9H,8H2,(H,19,21). The van der Waals surface area contributed by atoms with E-state index in [1.54, 1.807) is 30.5 Å². The molecule has 3 rings (SSSR count). The molecule has 0 aliphatic rings. The highest BCUT2D eigenvalue weighted by Crippen LogP contribution is 2.15. The van der Waals surface area contributed by atoms with Crippen molar-refractivity contribution in [1.82, 2.24) is 14.5 Å². The summed E-state index contributed by atoms with van der Waals surface area (Å²) in [4.78, 5) is 32.4. The Bertz CT molecular complexity index is 907. The van der Waals surface area contributed by atoms with Gasteiger partial charge in [0.05, 0.1) is 5.39 Å². The molecule has 6 nitrogen and oxygen atoms in total. The topological polar surface area (TPSA) is 76.9 Å². The average Bonchev–Trinajstić information content (AvgIpc) is 2.50. The Hall–Kier alpha value is -2.54. The number of hydrogen-bond donors (Lipinski definition) is 1. The zero-order valence-electron chi connectivity index (χ0n) is 11.4. The number of anilines is 1. The van der Waals surface area contributed by atoms with E-state index in [4.69, 9.17) is 0 Å². The van der Waals surface area contributed by atoms with Crippen LogP contribution in [-0.4, -0.2) is 20.4 Å². The van der Waals surface area contributed by atoms with Crippen LogP contribution in [0.1, 0.15) is 0 Å². The Balaban J connectivity index is 1.82. The number of carbonyl (C=O) groups is 1. The van der Waals surface area contributed by atoms with Crippen LogP contribution in [0, 0.1) is 0 Å². The molecule has 0 aliphatic heterocycles. The lowest BCUT2D eigenvalue weighted by atomic mass is 10.3. The molecule has 0 aliphatic carbocycles. The monoisotopic (exact) mass is 358 g/mol. The van der Waals surface area contributed by atoms with E-state index < -0.39 is 0 Å². The molecule has 1 N–H and O–H groups in total. The Morgan fingerprint density at radius 3 is 2.91 bits per heavy atom. The van der Waals surface area contributed by atoms with Gasteiger partial charge < -0.3 is 5.32 Å². The van der Waals surface area contributed by atoms with Crippen LogP contribution in [0.4, 0.5) is 5.69 Å². The first kappa shape index (κ1) is 14.4. The average molecular weight is 359 g/mol. The molecule has 0 unspecified atom stereocenters. The summed E-state index contributed by atoms with van der Waals surface area (Å²) in [6.07, 6.45) is 2.90. The molecule has 22 heavy (non-hydrogen) atoms. The molecule has 3 aromatic rings. The molecular weight excluding hydrogens is 348 g/mol. The zero-order valence-corrected chi connectivity index (χ0v) is 12.9. The summed E-state index contributed by atoms with van der Waals surface area (Å²) in [5, 5.41) is 3.12. The van der Waals surface area contributed by atoms with Crippen molar-refractivity contribution in [3.05, 3.63) is 63.7 Å². The van der Waals surface area contributed by atoms with Crippen molar-refractivity contribution < 1.29 is 4.79 Å². The number of nitrogens with one attached hydrogen (secondary N) is 1. The van der Waals surface area contributed by atoms with Crippen molar-refractivity contribution in [3.63, 3.8) is 0 Å². The van der Waals surface area contributed by atoms with Crippen molar-refractivity contribution in [3.8, 4) is 0 Å². The summed E-state index contributed by atoms with van der Waals surface area (Å²) in [6, 6.07) is 10.5. The highest BCUT2D eigenvalue weighted by Gasteiger charge is 2.08. The molecule has 7 heteroatoms. The summed E-state index contributed by atoms with van der Waals surface area (Å²) < 4.78 is 2.12. The number of nitrogens with zero attached hydrogens (tertiary/aromatic N) is 3. The van der Waals surface area contributed by atoms with E-state index in [0.29, 0.717) is 16.7 Å². The third kappa shape index (κ3) is 3.04. The fourth-order valence-corrected chi connectivity index (χ4v) is 2.43. The third-order valence-corrected chi connectivity index (χ3v) is 3.51. The van der Waals surface area contributed by atoms with Crippen molar-refractivity contribution in [2.45, 2.75) is 6.54 Å². The Kier molecular flexibility index (Phi) is 3.97. The number of carbonyl (C=O) groups excluding carboxylic acids is 1. The second kappa shape index (κ2) is 6.07. The van der Waals surface area contributed by atoms with Gasteiger partial charge in [-0.05, 0) is 30.3 Å². The van der Waals surface area contributed by atoms with Gasteiger partial charge in [0.15, 0.2) is 5.65 Å². The smallest absolute Gasteiger partial charge is 0.263 e. The minimum atomic E-state index is -0.301. The summed E-state index contributed by atoms with van der Waals surface area (Å²) in [6.45, 7) is -0.108. The molecule has 0 bridgehead atoms. The van der Waals surface area contributed by atoms with Gasteiger partial charge in [-0.3, -0.25) is 14.2 Å². The van der Waals surface area contributed by atoms with Crippen LogP contribution >= 0.6 is 15.9 Å². The molecule has 2 heterocycles. The predicted octanol–water partition coefficient (Wildman–Crippen LogP) is 2.19. The Labute approximate surface area is 134 Å². The molecule has 2 aromatic heterocycles. The molecule has 0 fully saturated rings. The molecule has 0 radical (unpaired) electrons. The SMILES string of the molecule is O=C(Cn1cnc2ncccc2c1=O)Nc1cccc(Br)c1. The molecular formula is C15H11BrN4O2. The van der Waals surface area contributed by atoms with Gasteiger partial charge in [-0.2, -0.15) is 0 Å². The second-order valence-electron chi connectivity index (χ2n) is 4.61. The summed E-state index contributed by atoms with van der Waals surface area (Å²) in [5.41, 5.74) is 0.737. The van der Waals surface area contributed by atoms with Crippen LogP contribution < -0.4 is 10.9 Å². The Morgan fingerprint density at radius 1 is 1.23 bits per heavy atom. The van der Waals surface area contributed by atoms with Crippen LogP contribution in [-0.2, 0) is 11.3 Å². The molecule has 110 valence electrons. The van der Waals surface area contributed by atoms with Crippen LogP contribution in [0.25, 0.3) is 11.0 Å². The van der Waals surface area contributed by atoms with Gasteiger partial charge in [-0.25, -0.2) is 9.97 Å². The van der Waals surface area contributed by atoms with Crippen molar-refractivity contribution >= 4 is 38.6 Å². The zero-order chi connectivity index (χ0) is 15.5. The van der Waals surface area contributed by atoms with Crippen LogP contribution in [0.15, 0.2) is 58.2 Å². The summed E-state index contributed by atoms with van der Waals surface area (Å²) in [5.74, 6) is -0.301. The molecule has 0 atom stereocenters. The number of halogens is 1. The molecule has 0 saturated carbocycles. The lowest BCUT2D eigenvalue weighted by Gasteiger charge is -2.08. The molecule has 0 spiro atoms. The number of pyridine rings is 1. The van der Waals surface area contributed by atoms with Gasteiger partial charge in [0.25, 0.3) is 5.56 Å². The van der Waals surface area contributed by atoms with E-state index in [2.05, 4.69) is 31.2 Å². The Morgan fingerprint density at radius 2 is 2.09 bits per heavy atom. The highest BCUT2D eigenvalue weighted by atomic mass is 79.9. The maximum absolute atomic E-state index is 12.3. The minimum Gasteiger partial charge on any atom is -0.324 e. The normalized spacial score (nSPS) is 10.6. The highest BCUT2D eigenvalue weighted by molar-refractivity contribution is 9.10. The number of rotatable bonds is 3. The minimum absolute atomic E-state index is 0.108. The van der Waals surface area contributed by atoms with E-state index in [1.165, 1.54) is 10.9 Å². The van der Waals surface area contributed by atoms with Crippen LogP contribution in [0.2, 0.25) is 0 Å². The number of aromatic nitrogens is 3. The van der Waals surface area contributed by atoms with E-state index in [0.717, 1.165) is 4.47 Å². The van der Waals surface area contributed by atoms with E-state index in [1.807, 2.05) is 12.1 Å². The maximum atomic E-state index is 12.3. The van der Waals surface area contributed by atoms with Gasteiger partial charge in [0.1, 0.15) is 12.9 Å². The van der Waals surface area contributed by atoms with E-state index in [9.17, 15) is 9.59 Å². The molecule has 1 aromatic carbocycles. The molecule has 0 saturated heterocycles. The van der Waals surface area contributed by atoms with Gasteiger partial charge in [0, 0.05) is 16.4 Å². The lowest BCUT2D eigenvalue weighted by molar-refractivity contribution is -0.116. The summed E-state index contributed by atoms with van der Waals surface area (Å²) in [7, 11) is 0. The number of amides is 1. The van der Waals surface area contributed by atoms with Crippen LogP contribution in [0.5, 0.6) is 0 Å². The predicted molar refractivity (Wildman–Crippen MR) is 86.6 cm³/mol. The van der Waals surface area contributed by atoms with Crippen molar-refractivity contribution in [2.75, 3.05) is 5.32 Å². The molecule has 1 amide bonds.